The van der Waals surface area contributed by atoms with Gasteiger partial charge in [-0.2, -0.15) is 5.26 Å². The Balaban J connectivity index is 1.31. The van der Waals surface area contributed by atoms with Crippen LogP contribution in [0.1, 0.15) is 70.9 Å². The number of carbonyl (C=O) groups is 1. The molecule has 7 nitrogen and oxygen atoms in total. The molecule has 1 N–H and O–H groups in total. The molecule has 1 fully saturated rings. The van der Waals surface area contributed by atoms with Crippen LogP contribution in [-0.4, -0.2) is 41.3 Å². The van der Waals surface area contributed by atoms with Crippen LogP contribution in [-0.2, 0) is 16.6 Å². The third-order valence-electron chi connectivity index (χ3n) is 7.55. The average Bonchev–Trinajstić information content (AvgIpc) is 3.55. The summed E-state index contributed by atoms with van der Waals surface area (Å²) in [4.78, 5) is 21.1. The molecule has 6 rings (SSSR count). The predicted molar refractivity (Wildman–Crippen MR) is 134 cm³/mol. The maximum absolute atomic E-state index is 13.6. The number of nitrogens with one attached hydrogen (secondary N) is 1. The number of aromatic nitrogens is 3. The molecule has 2 aromatic heterocycles. The molecule has 0 radical (unpaired) electrons. The molecule has 0 saturated carbocycles. The molecule has 0 spiro atoms. The second kappa shape index (κ2) is 8.01. The van der Waals surface area contributed by atoms with Crippen molar-refractivity contribution in [2.24, 2.45) is 0 Å². The number of rotatable bonds is 3. The first kappa shape index (κ1) is 22.0. The lowest BCUT2D eigenvalue weighted by atomic mass is 9.70. The second-order valence-corrected chi connectivity index (χ2v) is 11.3. The minimum atomic E-state index is -1.25. The average molecular weight is 484 g/mol. The van der Waals surface area contributed by atoms with Gasteiger partial charge in [-0.3, -0.25) is 4.79 Å². The number of H-pyrrole nitrogens is 1. The summed E-state index contributed by atoms with van der Waals surface area (Å²) in [5, 5.41) is 10.2. The zero-order valence-electron chi connectivity index (χ0n) is 19.6. The monoisotopic (exact) mass is 483 g/mol. The van der Waals surface area contributed by atoms with Gasteiger partial charge in [-0.25, -0.2) is 17.5 Å². The topological polar surface area (TPSA) is 94.8 Å². The number of imidazole rings is 1. The molecule has 35 heavy (non-hydrogen) atoms. The SMILES string of the molecule is CC1(C)c2cc(C3CCN(S(=O)n4ccnc4)CC3)ccc2C(=O)c2c1[nH]c1cc(C#N)ccc21. The highest BCUT2D eigenvalue weighted by atomic mass is 32.2. The number of aromatic amines is 1. The molecule has 2 aliphatic rings. The molecule has 1 atom stereocenters. The molecule has 1 saturated heterocycles. The van der Waals surface area contributed by atoms with Gasteiger partial charge in [0, 0.05) is 53.1 Å². The fourth-order valence-corrected chi connectivity index (χ4v) is 6.67. The van der Waals surface area contributed by atoms with Crippen LogP contribution in [0.5, 0.6) is 0 Å². The van der Waals surface area contributed by atoms with Crippen molar-refractivity contribution in [3.8, 4) is 6.07 Å². The van der Waals surface area contributed by atoms with E-state index in [1.807, 2.05) is 22.5 Å². The Kier molecular flexibility index (Phi) is 5.02. The molecule has 1 aliphatic heterocycles. The van der Waals surface area contributed by atoms with E-state index in [4.69, 9.17) is 0 Å². The van der Waals surface area contributed by atoms with E-state index in [-0.39, 0.29) is 11.2 Å². The van der Waals surface area contributed by atoms with Crippen LogP contribution in [0.15, 0.2) is 55.1 Å². The van der Waals surface area contributed by atoms with Crippen molar-refractivity contribution >= 4 is 27.9 Å². The van der Waals surface area contributed by atoms with E-state index in [0.717, 1.165) is 53.7 Å². The minimum Gasteiger partial charge on any atom is -0.357 e. The van der Waals surface area contributed by atoms with Crippen LogP contribution in [0.25, 0.3) is 10.9 Å². The maximum atomic E-state index is 13.6. The van der Waals surface area contributed by atoms with Crippen LogP contribution in [0.2, 0.25) is 0 Å². The van der Waals surface area contributed by atoms with Crippen molar-refractivity contribution in [2.45, 2.75) is 38.0 Å². The molecule has 176 valence electrons. The van der Waals surface area contributed by atoms with E-state index < -0.39 is 11.2 Å². The largest absolute Gasteiger partial charge is 0.357 e. The van der Waals surface area contributed by atoms with Crippen LogP contribution in [0.4, 0.5) is 0 Å². The number of piperidine rings is 1. The summed E-state index contributed by atoms with van der Waals surface area (Å²) in [5.74, 6) is 0.381. The molecular weight excluding hydrogens is 458 g/mol. The van der Waals surface area contributed by atoms with Gasteiger partial charge in [-0.1, -0.05) is 38.1 Å². The van der Waals surface area contributed by atoms with E-state index in [9.17, 15) is 14.3 Å². The Hall–Kier alpha value is -3.54. The summed E-state index contributed by atoms with van der Waals surface area (Å²) < 4.78 is 16.4. The van der Waals surface area contributed by atoms with Crippen molar-refractivity contribution in [1.82, 2.24) is 18.2 Å². The van der Waals surface area contributed by atoms with Crippen LogP contribution >= 0.6 is 0 Å². The Morgan fingerprint density at radius 3 is 2.69 bits per heavy atom. The van der Waals surface area contributed by atoms with Gasteiger partial charge in [-0.05, 0) is 42.0 Å². The van der Waals surface area contributed by atoms with E-state index >= 15 is 0 Å². The van der Waals surface area contributed by atoms with Crippen molar-refractivity contribution in [3.63, 3.8) is 0 Å². The lowest BCUT2D eigenvalue weighted by Gasteiger charge is -2.34. The molecule has 8 heteroatoms. The number of hydrogen-bond donors (Lipinski definition) is 1. The van der Waals surface area contributed by atoms with E-state index in [0.29, 0.717) is 17.0 Å². The predicted octanol–water partition coefficient (Wildman–Crippen LogP) is 4.41. The molecule has 0 bridgehead atoms. The standard InChI is InChI=1S/C27H25N5O2S/c1-27(2)22-14-19(18-7-10-31(11-8-18)35(34)32-12-9-29-16-32)4-6-20(22)25(33)24-21-5-3-17(15-28)13-23(21)30-26(24)27/h3-6,9,12-14,16,18,30H,7-8,10-11H2,1-2H3. The third kappa shape index (κ3) is 3.38. The summed E-state index contributed by atoms with van der Waals surface area (Å²) in [6, 6.07) is 13.9. The van der Waals surface area contributed by atoms with Crippen molar-refractivity contribution in [2.75, 3.05) is 13.1 Å². The summed E-state index contributed by atoms with van der Waals surface area (Å²) in [6.45, 7) is 5.78. The van der Waals surface area contributed by atoms with Crippen molar-refractivity contribution < 1.29 is 9.00 Å². The third-order valence-corrected chi connectivity index (χ3v) is 8.93. The molecule has 1 unspecified atom stereocenters. The molecule has 2 aromatic carbocycles. The number of nitriles is 1. The number of benzene rings is 2. The van der Waals surface area contributed by atoms with Crippen LogP contribution in [0, 0.1) is 11.3 Å². The summed E-state index contributed by atoms with van der Waals surface area (Å²) >= 11 is -1.25. The Morgan fingerprint density at radius 1 is 1.17 bits per heavy atom. The van der Waals surface area contributed by atoms with Gasteiger partial charge in [-0.15, -0.1) is 0 Å². The highest BCUT2D eigenvalue weighted by molar-refractivity contribution is 7.81. The zero-order chi connectivity index (χ0) is 24.3. The van der Waals surface area contributed by atoms with Gasteiger partial charge in [0.15, 0.2) is 5.78 Å². The first-order valence-electron chi connectivity index (χ1n) is 11.8. The molecule has 3 heterocycles. The first-order chi connectivity index (χ1) is 16.9. The van der Waals surface area contributed by atoms with Gasteiger partial charge in [0.2, 0.25) is 11.2 Å². The van der Waals surface area contributed by atoms with E-state index in [1.165, 1.54) is 5.56 Å². The second-order valence-electron chi connectivity index (χ2n) is 9.86. The van der Waals surface area contributed by atoms with Crippen molar-refractivity contribution in [3.05, 3.63) is 88.6 Å². The van der Waals surface area contributed by atoms with Crippen LogP contribution in [0.3, 0.4) is 0 Å². The molecule has 4 aromatic rings. The summed E-state index contributed by atoms with van der Waals surface area (Å²) in [6.07, 6.45) is 6.76. The maximum Gasteiger partial charge on any atom is 0.204 e. The minimum absolute atomic E-state index is 0.0300. The van der Waals surface area contributed by atoms with E-state index in [2.05, 4.69) is 42.0 Å². The fourth-order valence-electron chi connectivity index (χ4n) is 5.59. The van der Waals surface area contributed by atoms with E-state index in [1.54, 1.807) is 28.8 Å². The number of ketones is 1. The highest BCUT2D eigenvalue weighted by Gasteiger charge is 2.40. The number of hydrogen-bond acceptors (Lipinski definition) is 4. The number of nitrogens with zero attached hydrogens (tertiary/aromatic N) is 4. The fraction of sp³-hybridized carbons (Fsp3) is 0.296. The van der Waals surface area contributed by atoms with Gasteiger partial charge >= 0.3 is 0 Å². The zero-order valence-corrected chi connectivity index (χ0v) is 20.4. The molecule has 1 aliphatic carbocycles. The van der Waals surface area contributed by atoms with Crippen molar-refractivity contribution in [1.29, 1.82) is 5.26 Å². The first-order valence-corrected chi connectivity index (χ1v) is 12.9. The van der Waals surface area contributed by atoms with Gasteiger partial charge in [0.05, 0.1) is 17.2 Å². The molecule has 0 amide bonds. The highest BCUT2D eigenvalue weighted by Crippen LogP contribution is 2.45. The van der Waals surface area contributed by atoms with Gasteiger partial charge in [0.25, 0.3) is 0 Å². The lowest BCUT2D eigenvalue weighted by Crippen LogP contribution is -2.37. The number of carbonyl (C=O) groups excluding carboxylic acids is 1. The van der Waals surface area contributed by atoms with Crippen LogP contribution < -0.4 is 0 Å². The smallest absolute Gasteiger partial charge is 0.204 e. The van der Waals surface area contributed by atoms with Gasteiger partial charge in [0.1, 0.15) is 6.33 Å². The normalized spacial score (nSPS) is 18.7. The number of fused-ring (bicyclic) bond motifs is 4. The Labute approximate surface area is 206 Å². The quantitative estimate of drug-likeness (QED) is 0.467. The summed E-state index contributed by atoms with van der Waals surface area (Å²) in [7, 11) is 0. The van der Waals surface area contributed by atoms with Gasteiger partial charge < -0.3 is 4.98 Å². The lowest BCUT2D eigenvalue weighted by molar-refractivity contribution is 0.103. The Bertz CT molecular complexity index is 1540. The Morgan fingerprint density at radius 2 is 1.97 bits per heavy atom. The summed E-state index contributed by atoms with van der Waals surface area (Å²) in [5.41, 5.74) is 5.63. The molecular formula is C27H25N5O2S.